The van der Waals surface area contributed by atoms with Crippen molar-refractivity contribution in [2.45, 2.75) is 12.3 Å². The number of ether oxygens (including phenoxy) is 4. The predicted octanol–water partition coefficient (Wildman–Crippen LogP) is 3.36. The van der Waals surface area contributed by atoms with E-state index in [1.54, 1.807) is 14.2 Å². The Labute approximate surface area is 163 Å². The fourth-order valence-corrected chi connectivity index (χ4v) is 2.99. The lowest BCUT2D eigenvalue weighted by Gasteiger charge is -2.07. The number of cyclic esters (lactones) is 2. The van der Waals surface area contributed by atoms with Gasteiger partial charge in [-0.05, 0) is 35.4 Å². The van der Waals surface area contributed by atoms with E-state index in [1.165, 1.54) is 6.08 Å². The van der Waals surface area contributed by atoms with Gasteiger partial charge in [0.1, 0.15) is 18.1 Å². The fraction of sp³-hybridized carbons (Fsp3) is 0.273. The molecule has 6 nitrogen and oxygen atoms in total. The number of esters is 2. The normalized spacial score (nSPS) is 17.8. The zero-order valence-corrected chi connectivity index (χ0v) is 15.8. The van der Waals surface area contributed by atoms with E-state index in [-0.39, 0.29) is 17.9 Å². The third-order valence-corrected chi connectivity index (χ3v) is 4.53. The topological polar surface area (TPSA) is 71.1 Å². The lowest BCUT2D eigenvalue weighted by atomic mass is 9.98. The molecule has 0 radical (unpaired) electrons. The smallest absolute Gasteiger partial charge is 0.331 e. The van der Waals surface area contributed by atoms with Crippen LogP contribution in [-0.4, -0.2) is 39.4 Å². The molecule has 0 aromatic heterocycles. The predicted molar refractivity (Wildman–Crippen MR) is 103 cm³/mol. The molecule has 0 amide bonds. The molecule has 2 heterocycles. The lowest BCUT2D eigenvalue weighted by Crippen LogP contribution is -1.97. The molecule has 146 valence electrons. The Morgan fingerprint density at radius 1 is 0.929 bits per heavy atom. The van der Waals surface area contributed by atoms with E-state index in [1.807, 2.05) is 48.5 Å². The van der Waals surface area contributed by atoms with Crippen molar-refractivity contribution in [2.24, 2.45) is 0 Å². The zero-order valence-electron chi connectivity index (χ0n) is 15.8. The first-order valence-corrected chi connectivity index (χ1v) is 8.90. The van der Waals surface area contributed by atoms with E-state index in [0.717, 1.165) is 28.2 Å². The van der Waals surface area contributed by atoms with Gasteiger partial charge in [0.15, 0.2) is 0 Å². The Morgan fingerprint density at radius 2 is 1.64 bits per heavy atom. The van der Waals surface area contributed by atoms with Crippen LogP contribution in [0.15, 0.2) is 54.6 Å². The molecule has 4 rings (SSSR count). The van der Waals surface area contributed by atoms with E-state index >= 15 is 0 Å². The average molecular weight is 382 g/mol. The standard InChI is InChI=1S/C11H12O3.C11H10O3/c2*1-13-10-4-2-3-8(5-10)9-6-11(12)14-7-9/h2-5,9H,6-7H2,1H3;2-6H,7H2,1H3. The minimum atomic E-state index is -0.275. The monoisotopic (exact) mass is 382 g/mol. The number of carbonyl (C=O) groups is 2. The first-order valence-electron chi connectivity index (χ1n) is 8.90. The van der Waals surface area contributed by atoms with Crippen LogP contribution in [0.3, 0.4) is 0 Å². The van der Waals surface area contributed by atoms with Crippen molar-refractivity contribution in [1.82, 2.24) is 0 Å². The van der Waals surface area contributed by atoms with E-state index in [4.69, 9.17) is 18.9 Å². The first kappa shape index (κ1) is 19.5. The maximum Gasteiger partial charge on any atom is 0.331 e. The highest BCUT2D eigenvalue weighted by Gasteiger charge is 2.25. The fourth-order valence-electron chi connectivity index (χ4n) is 2.99. The number of hydrogen-bond acceptors (Lipinski definition) is 6. The van der Waals surface area contributed by atoms with Gasteiger partial charge in [0.25, 0.3) is 0 Å². The molecule has 2 aromatic carbocycles. The van der Waals surface area contributed by atoms with Gasteiger partial charge in [0, 0.05) is 17.6 Å². The summed E-state index contributed by atoms with van der Waals surface area (Å²) in [5.41, 5.74) is 2.97. The van der Waals surface area contributed by atoms with Gasteiger partial charge in [0.2, 0.25) is 0 Å². The number of rotatable bonds is 4. The van der Waals surface area contributed by atoms with Crippen LogP contribution in [0.4, 0.5) is 0 Å². The average Bonchev–Trinajstić information content (AvgIpc) is 3.37. The summed E-state index contributed by atoms with van der Waals surface area (Å²) >= 11 is 0. The first-order chi connectivity index (χ1) is 13.6. The summed E-state index contributed by atoms with van der Waals surface area (Å²) in [5, 5.41) is 0. The Kier molecular flexibility index (Phi) is 6.32. The molecule has 0 aliphatic carbocycles. The maximum absolute atomic E-state index is 10.9. The second kappa shape index (κ2) is 9.08. The molecule has 6 heteroatoms. The summed E-state index contributed by atoms with van der Waals surface area (Å²) in [6, 6.07) is 15.3. The lowest BCUT2D eigenvalue weighted by molar-refractivity contribution is -0.138. The maximum atomic E-state index is 10.9. The number of carbonyl (C=O) groups excluding carboxylic acids is 2. The zero-order chi connectivity index (χ0) is 19.9. The molecule has 0 spiro atoms. The summed E-state index contributed by atoms with van der Waals surface area (Å²) in [4.78, 5) is 21.8. The molecule has 2 aliphatic heterocycles. The number of benzene rings is 2. The van der Waals surface area contributed by atoms with E-state index in [9.17, 15) is 9.59 Å². The molecule has 2 aromatic rings. The van der Waals surface area contributed by atoms with E-state index in [2.05, 4.69) is 0 Å². The third kappa shape index (κ3) is 4.91. The van der Waals surface area contributed by atoms with Crippen LogP contribution in [0.25, 0.3) is 5.57 Å². The van der Waals surface area contributed by atoms with Crippen LogP contribution in [0.1, 0.15) is 23.5 Å². The van der Waals surface area contributed by atoms with Gasteiger partial charge >= 0.3 is 11.9 Å². The van der Waals surface area contributed by atoms with Crippen molar-refractivity contribution < 1.29 is 28.5 Å². The molecule has 0 N–H and O–H groups in total. The number of methoxy groups -OCH3 is 2. The van der Waals surface area contributed by atoms with Crippen molar-refractivity contribution >= 4 is 17.5 Å². The SMILES string of the molecule is COc1cccc(C2=CC(=O)OC2)c1.COc1cccc(C2COC(=O)C2)c1. The summed E-state index contributed by atoms with van der Waals surface area (Å²) in [7, 11) is 3.25. The Hall–Kier alpha value is -3.28. The summed E-state index contributed by atoms with van der Waals surface area (Å²) in [6.45, 7) is 0.845. The second-order valence-electron chi connectivity index (χ2n) is 6.37. The summed E-state index contributed by atoms with van der Waals surface area (Å²) < 4.78 is 19.9. The second-order valence-corrected chi connectivity index (χ2v) is 6.37. The van der Waals surface area contributed by atoms with E-state index < -0.39 is 0 Å². The van der Waals surface area contributed by atoms with Gasteiger partial charge in [-0.15, -0.1) is 0 Å². The Bertz CT molecular complexity index is 886. The molecule has 0 saturated carbocycles. The van der Waals surface area contributed by atoms with Gasteiger partial charge in [0.05, 0.1) is 27.2 Å². The van der Waals surface area contributed by atoms with Crippen LogP contribution in [-0.2, 0) is 19.1 Å². The van der Waals surface area contributed by atoms with Crippen LogP contribution >= 0.6 is 0 Å². The Balaban J connectivity index is 0.000000161. The van der Waals surface area contributed by atoms with Gasteiger partial charge in [-0.3, -0.25) is 4.79 Å². The van der Waals surface area contributed by atoms with Gasteiger partial charge in [-0.1, -0.05) is 24.3 Å². The van der Waals surface area contributed by atoms with Crippen molar-refractivity contribution in [2.75, 3.05) is 27.4 Å². The van der Waals surface area contributed by atoms with Gasteiger partial charge in [-0.25, -0.2) is 4.79 Å². The van der Waals surface area contributed by atoms with Crippen LogP contribution in [0.5, 0.6) is 11.5 Å². The molecule has 28 heavy (non-hydrogen) atoms. The summed E-state index contributed by atoms with van der Waals surface area (Å²) in [5.74, 6) is 1.41. The molecular weight excluding hydrogens is 360 g/mol. The molecule has 1 fully saturated rings. The van der Waals surface area contributed by atoms with Crippen LogP contribution < -0.4 is 9.47 Å². The largest absolute Gasteiger partial charge is 0.497 e. The Morgan fingerprint density at radius 3 is 2.25 bits per heavy atom. The van der Waals surface area contributed by atoms with Crippen molar-refractivity contribution in [3.63, 3.8) is 0 Å². The van der Waals surface area contributed by atoms with Crippen molar-refractivity contribution in [3.05, 3.63) is 65.7 Å². The highest BCUT2D eigenvalue weighted by molar-refractivity contribution is 5.95. The quantitative estimate of drug-likeness (QED) is 0.755. The molecule has 1 atom stereocenters. The summed E-state index contributed by atoms with van der Waals surface area (Å²) in [6.07, 6.45) is 1.99. The van der Waals surface area contributed by atoms with Crippen molar-refractivity contribution in [1.29, 1.82) is 0 Å². The third-order valence-electron chi connectivity index (χ3n) is 4.53. The molecule has 2 aliphatic rings. The van der Waals surface area contributed by atoms with Crippen molar-refractivity contribution in [3.8, 4) is 11.5 Å². The minimum absolute atomic E-state index is 0.113. The molecule has 1 unspecified atom stereocenters. The highest BCUT2D eigenvalue weighted by Crippen LogP contribution is 2.28. The minimum Gasteiger partial charge on any atom is -0.497 e. The van der Waals surface area contributed by atoms with Crippen LogP contribution in [0, 0.1) is 0 Å². The number of hydrogen-bond donors (Lipinski definition) is 0. The van der Waals surface area contributed by atoms with Gasteiger partial charge < -0.3 is 18.9 Å². The molecule has 1 saturated heterocycles. The highest BCUT2D eigenvalue weighted by atomic mass is 16.5. The van der Waals surface area contributed by atoms with Crippen LogP contribution in [0.2, 0.25) is 0 Å². The molecule has 0 bridgehead atoms. The van der Waals surface area contributed by atoms with Gasteiger partial charge in [-0.2, -0.15) is 0 Å². The molecular formula is C22H22O6. The van der Waals surface area contributed by atoms with E-state index in [0.29, 0.717) is 19.6 Å².